The second kappa shape index (κ2) is 7.80. The summed E-state index contributed by atoms with van der Waals surface area (Å²) < 4.78 is 0. The highest BCUT2D eigenvalue weighted by Crippen LogP contribution is 2.36. The van der Waals surface area contributed by atoms with Crippen LogP contribution in [-0.2, 0) is 4.79 Å². The standard InChI is InChI=1S/C19H36N2O2/c1-14(2)10-8-9-11-15(3)17(22)20-16-12-18(4,5)21(23)19(6,7)13-16/h9,11,14-16,23H,8,10,12-13H2,1-7H3,(H,20,22)/b11-9+. The molecule has 1 atom stereocenters. The summed E-state index contributed by atoms with van der Waals surface area (Å²) >= 11 is 0. The second-order valence-electron chi connectivity index (χ2n) is 8.74. The van der Waals surface area contributed by atoms with Gasteiger partial charge in [-0.05, 0) is 59.3 Å². The summed E-state index contributed by atoms with van der Waals surface area (Å²) in [5.74, 6) is 0.659. The van der Waals surface area contributed by atoms with E-state index in [-0.39, 0.29) is 28.9 Å². The fourth-order valence-corrected chi connectivity index (χ4v) is 3.52. The molecule has 0 radical (unpaired) electrons. The van der Waals surface area contributed by atoms with Crippen LogP contribution >= 0.6 is 0 Å². The van der Waals surface area contributed by atoms with E-state index in [0.29, 0.717) is 5.92 Å². The van der Waals surface area contributed by atoms with Crippen molar-refractivity contribution in [3.63, 3.8) is 0 Å². The van der Waals surface area contributed by atoms with E-state index in [1.165, 1.54) is 5.06 Å². The molecule has 23 heavy (non-hydrogen) atoms. The Labute approximate surface area is 142 Å². The zero-order valence-corrected chi connectivity index (χ0v) is 16.0. The van der Waals surface area contributed by atoms with Gasteiger partial charge in [0, 0.05) is 17.1 Å². The Morgan fingerprint density at radius 3 is 2.22 bits per heavy atom. The predicted octanol–water partition coefficient (Wildman–Crippen LogP) is 4.14. The van der Waals surface area contributed by atoms with E-state index >= 15 is 0 Å². The second-order valence-corrected chi connectivity index (χ2v) is 8.74. The maximum absolute atomic E-state index is 12.4. The first-order valence-electron chi connectivity index (χ1n) is 8.92. The molecule has 1 rings (SSSR count). The monoisotopic (exact) mass is 324 g/mol. The Kier molecular flexibility index (Phi) is 6.84. The first-order chi connectivity index (χ1) is 10.5. The number of hydroxylamine groups is 2. The summed E-state index contributed by atoms with van der Waals surface area (Å²) in [6.07, 6.45) is 7.81. The highest BCUT2D eigenvalue weighted by Gasteiger charge is 2.45. The van der Waals surface area contributed by atoms with Crippen molar-refractivity contribution >= 4 is 5.91 Å². The van der Waals surface area contributed by atoms with Crippen molar-refractivity contribution in [2.24, 2.45) is 11.8 Å². The molecule has 1 saturated heterocycles. The lowest BCUT2D eigenvalue weighted by atomic mass is 9.79. The molecule has 4 heteroatoms. The molecule has 1 unspecified atom stereocenters. The van der Waals surface area contributed by atoms with Gasteiger partial charge in [-0.25, -0.2) is 0 Å². The van der Waals surface area contributed by atoms with E-state index in [9.17, 15) is 10.0 Å². The fourth-order valence-electron chi connectivity index (χ4n) is 3.52. The van der Waals surface area contributed by atoms with Gasteiger partial charge in [0.25, 0.3) is 0 Å². The van der Waals surface area contributed by atoms with Gasteiger partial charge in [0.05, 0.1) is 5.92 Å². The smallest absolute Gasteiger partial charge is 0.226 e. The number of nitrogens with zero attached hydrogens (tertiary/aromatic N) is 1. The number of allylic oxidation sites excluding steroid dienone is 1. The molecule has 1 aliphatic heterocycles. The molecule has 0 aromatic rings. The molecule has 134 valence electrons. The number of piperidine rings is 1. The largest absolute Gasteiger partial charge is 0.353 e. The van der Waals surface area contributed by atoms with Gasteiger partial charge in [-0.1, -0.05) is 32.9 Å². The van der Waals surface area contributed by atoms with E-state index < -0.39 is 0 Å². The average molecular weight is 325 g/mol. The van der Waals surface area contributed by atoms with Crippen LogP contribution in [0.2, 0.25) is 0 Å². The number of carbonyl (C=O) groups excluding carboxylic acids is 1. The summed E-state index contributed by atoms with van der Waals surface area (Å²) in [4.78, 5) is 12.4. The summed E-state index contributed by atoms with van der Waals surface area (Å²) in [6, 6.07) is 0.0995. The summed E-state index contributed by atoms with van der Waals surface area (Å²) in [7, 11) is 0. The zero-order valence-electron chi connectivity index (χ0n) is 16.0. The topological polar surface area (TPSA) is 52.6 Å². The number of amides is 1. The fraction of sp³-hybridized carbons (Fsp3) is 0.842. The van der Waals surface area contributed by atoms with Crippen LogP contribution in [0.15, 0.2) is 12.2 Å². The third kappa shape index (κ3) is 5.92. The van der Waals surface area contributed by atoms with Crippen LogP contribution in [0, 0.1) is 11.8 Å². The molecule has 0 spiro atoms. The van der Waals surface area contributed by atoms with E-state index in [0.717, 1.165) is 25.7 Å². The molecule has 1 amide bonds. The van der Waals surface area contributed by atoms with Crippen molar-refractivity contribution in [3.8, 4) is 0 Å². The van der Waals surface area contributed by atoms with Crippen molar-refractivity contribution in [1.82, 2.24) is 10.4 Å². The van der Waals surface area contributed by atoms with Gasteiger partial charge in [-0.2, -0.15) is 5.06 Å². The van der Waals surface area contributed by atoms with Gasteiger partial charge < -0.3 is 10.5 Å². The van der Waals surface area contributed by atoms with Gasteiger partial charge in [0.15, 0.2) is 0 Å². The van der Waals surface area contributed by atoms with Crippen LogP contribution < -0.4 is 5.32 Å². The van der Waals surface area contributed by atoms with Crippen LogP contribution in [0.25, 0.3) is 0 Å². The Hall–Kier alpha value is -0.870. The molecule has 0 aromatic heterocycles. The third-order valence-electron chi connectivity index (χ3n) is 4.73. The van der Waals surface area contributed by atoms with E-state index in [1.54, 1.807) is 0 Å². The molecule has 0 aliphatic carbocycles. The highest BCUT2D eigenvalue weighted by molar-refractivity contribution is 5.80. The van der Waals surface area contributed by atoms with Crippen molar-refractivity contribution in [3.05, 3.63) is 12.2 Å². The quantitative estimate of drug-likeness (QED) is 0.722. The van der Waals surface area contributed by atoms with Crippen LogP contribution in [0.4, 0.5) is 0 Å². The van der Waals surface area contributed by atoms with Crippen LogP contribution in [0.5, 0.6) is 0 Å². The average Bonchev–Trinajstić information content (AvgIpc) is 2.39. The van der Waals surface area contributed by atoms with Gasteiger partial charge in [0.2, 0.25) is 5.91 Å². The summed E-state index contributed by atoms with van der Waals surface area (Å²) in [5, 5.41) is 14.9. The highest BCUT2D eigenvalue weighted by atomic mass is 16.5. The lowest BCUT2D eigenvalue weighted by Crippen LogP contribution is -2.63. The van der Waals surface area contributed by atoms with Gasteiger partial charge in [-0.15, -0.1) is 0 Å². The lowest BCUT2D eigenvalue weighted by molar-refractivity contribution is -0.246. The van der Waals surface area contributed by atoms with Crippen molar-refractivity contribution in [2.75, 3.05) is 0 Å². The SMILES string of the molecule is CC(C)CC/C=C/C(C)C(=O)NC1CC(C)(C)N(O)C(C)(C)C1. The van der Waals surface area contributed by atoms with Crippen molar-refractivity contribution < 1.29 is 10.0 Å². The number of rotatable bonds is 6. The van der Waals surface area contributed by atoms with E-state index in [2.05, 4.69) is 25.2 Å². The molecule has 0 bridgehead atoms. The Morgan fingerprint density at radius 1 is 1.22 bits per heavy atom. The molecule has 0 aromatic carbocycles. The normalized spacial score (nSPS) is 23.3. The number of hydrogen-bond acceptors (Lipinski definition) is 3. The van der Waals surface area contributed by atoms with Crippen molar-refractivity contribution in [2.45, 2.75) is 91.3 Å². The van der Waals surface area contributed by atoms with Crippen LogP contribution in [-0.4, -0.2) is 33.3 Å². The van der Waals surface area contributed by atoms with Crippen LogP contribution in [0.3, 0.4) is 0 Å². The molecule has 4 nitrogen and oxygen atoms in total. The Morgan fingerprint density at radius 2 is 1.74 bits per heavy atom. The first-order valence-corrected chi connectivity index (χ1v) is 8.92. The molecule has 0 saturated carbocycles. The van der Waals surface area contributed by atoms with Crippen molar-refractivity contribution in [1.29, 1.82) is 0 Å². The molecular formula is C19H36N2O2. The summed E-state index contributed by atoms with van der Waals surface area (Å²) in [6.45, 7) is 14.4. The third-order valence-corrected chi connectivity index (χ3v) is 4.73. The Bertz CT molecular complexity index is 409. The molecule has 2 N–H and O–H groups in total. The number of nitrogens with one attached hydrogen (secondary N) is 1. The predicted molar refractivity (Wildman–Crippen MR) is 95.3 cm³/mol. The van der Waals surface area contributed by atoms with E-state index in [4.69, 9.17) is 0 Å². The minimum Gasteiger partial charge on any atom is -0.353 e. The maximum Gasteiger partial charge on any atom is 0.226 e. The number of carbonyl (C=O) groups is 1. The molecule has 1 heterocycles. The van der Waals surface area contributed by atoms with E-state index in [1.807, 2.05) is 40.7 Å². The summed E-state index contributed by atoms with van der Waals surface area (Å²) in [5.41, 5.74) is -0.675. The Balaban J connectivity index is 2.56. The molecular weight excluding hydrogens is 288 g/mol. The molecule has 1 fully saturated rings. The van der Waals surface area contributed by atoms with Gasteiger partial charge in [-0.3, -0.25) is 4.79 Å². The molecule has 1 aliphatic rings. The first kappa shape index (κ1) is 20.2. The van der Waals surface area contributed by atoms with Crippen LogP contribution in [0.1, 0.15) is 74.1 Å². The zero-order chi connectivity index (χ0) is 17.8. The number of hydrogen-bond donors (Lipinski definition) is 2. The minimum absolute atomic E-state index is 0.0776. The minimum atomic E-state index is -0.337. The lowest BCUT2D eigenvalue weighted by Gasteiger charge is -2.51. The van der Waals surface area contributed by atoms with Gasteiger partial charge in [0.1, 0.15) is 0 Å². The van der Waals surface area contributed by atoms with Gasteiger partial charge >= 0.3 is 0 Å². The maximum atomic E-state index is 12.4.